The lowest BCUT2D eigenvalue weighted by Crippen LogP contribution is -2.60. The van der Waals surface area contributed by atoms with Crippen LogP contribution in [0.15, 0.2) is 54.6 Å². The van der Waals surface area contributed by atoms with E-state index in [4.69, 9.17) is 44.8 Å². The Morgan fingerprint density at radius 2 is 1.24 bits per heavy atom. The lowest BCUT2D eigenvalue weighted by Gasteiger charge is -2.41. The molecule has 0 spiro atoms. The molecule has 11 atom stereocenters. The predicted molar refractivity (Wildman–Crippen MR) is 368 cm³/mol. The molecule has 99 heavy (non-hydrogen) atoms. The van der Waals surface area contributed by atoms with Crippen molar-refractivity contribution in [1.82, 2.24) is 41.3 Å². The molecule has 2 aromatic carbocycles. The minimum atomic E-state index is -1.19. The number of rotatable bonds is 48. The molecule has 0 aliphatic carbocycles. The molecule has 0 aromatic heterocycles. The lowest BCUT2D eigenvalue weighted by atomic mass is 9.89. The topological polar surface area (TPSA) is 399 Å². The normalized spacial score (nSPS) is 16.1. The van der Waals surface area contributed by atoms with Crippen LogP contribution in [0.5, 0.6) is 0 Å². The predicted octanol–water partition coefficient (Wildman–Crippen LogP) is 3.51. The fourth-order valence-electron chi connectivity index (χ4n) is 11.7. The van der Waals surface area contributed by atoms with Crippen molar-refractivity contribution in [3.8, 4) is 0 Å². The van der Waals surface area contributed by atoms with E-state index in [1.165, 1.54) is 31.1 Å². The van der Waals surface area contributed by atoms with Gasteiger partial charge in [0.1, 0.15) is 36.8 Å². The second kappa shape index (κ2) is 46.0. The van der Waals surface area contributed by atoms with Gasteiger partial charge in [-0.25, -0.2) is 20.3 Å². The van der Waals surface area contributed by atoms with Crippen LogP contribution in [0.1, 0.15) is 118 Å². The molecular formula is C69H113N11O19. The van der Waals surface area contributed by atoms with Crippen molar-refractivity contribution in [3.63, 3.8) is 0 Å². The van der Waals surface area contributed by atoms with Crippen molar-refractivity contribution in [1.29, 1.82) is 0 Å². The molecule has 3 rings (SSSR count). The fourth-order valence-corrected chi connectivity index (χ4v) is 11.7. The van der Waals surface area contributed by atoms with Gasteiger partial charge in [0, 0.05) is 59.9 Å². The van der Waals surface area contributed by atoms with E-state index in [0.717, 1.165) is 5.56 Å². The summed E-state index contributed by atoms with van der Waals surface area (Å²) in [6, 6.07) is 7.90. The zero-order chi connectivity index (χ0) is 73.7. The summed E-state index contributed by atoms with van der Waals surface area (Å²) in [7, 11) is 5.97. The van der Waals surface area contributed by atoms with Gasteiger partial charge in [-0.15, -0.1) is 0 Å². The fraction of sp³-hybridized carbons (Fsp3) is 0.681. The molecule has 2 aromatic rings. The molecule has 10 amide bonds. The van der Waals surface area contributed by atoms with Crippen LogP contribution in [-0.4, -0.2) is 235 Å². The van der Waals surface area contributed by atoms with Crippen molar-refractivity contribution < 1.29 is 91.0 Å². The summed E-state index contributed by atoms with van der Waals surface area (Å²) in [5.41, 5.74) is 6.85. The number of nitrogens with zero attached hydrogens (tertiary/aromatic N) is 3. The number of carboxylic acid groups (broad SMARTS) is 1. The highest BCUT2D eigenvalue weighted by Crippen LogP contribution is 2.30. The van der Waals surface area contributed by atoms with Gasteiger partial charge in [-0.1, -0.05) is 111 Å². The Morgan fingerprint density at radius 1 is 0.657 bits per heavy atom. The number of hydrogen-bond donors (Lipinski definition) is 9. The van der Waals surface area contributed by atoms with Crippen molar-refractivity contribution in [2.75, 3.05) is 106 Å². The minimum Gasteiger partial charge on any atom is -0.480 e. The van der Waals surface area contributed by atoms with Gasteiger partial charge >= 0.3 is 18.1 Å². The van der Waals surface area contributed by atoms with Crippen LogP contribution in [0.2, 0.25) is 0 Å². The van der Waals surface area contributed by atoms with Gasteiger partial charge in [0.15, 0.2) is 0 Å². The Hall–Kier alpha value is -7.58. The first kappa shape index (κ1) is 85.6. The highest BCUT2D eigenvalue weighted by molar-refractivity contribution is 5.98. The largest absolute Gasteiger partial charge is 0.480 e. The van der Waals surface area contributed by atoms with Crippen LogP contribution in [0.3, 0.4) is 0 Å². The molecule has 30 nitrogen and oxygen atoms in total. The van der Waals surface area contributed by atoms with E-state index in [2.05, 4.69) is 36.7 Å². The SMILES string of the molecule is CC[C@H](C)C([C@@H](CC(=O)N1CCC[C@H]1[C@H](OC)[C@@H](C)C(=O)N[C@@H](Cc1ccccc1)C(=O)O)OC)N(C)C(=O)[C@@H](NC(=O)[C@H](C(C)C)N(C)C(=O)OCc1ccc(NC(=O)[C@H](CCCNC(N)=O)NC(=O)[C@@H](NC(=O)CCOCCOCCOCCOCCON)C(C)C)cc1)C(C)C. The van der Waals surface area contributed by atoms with E-state index < -0.39 is 126 Å². The highest BCUT2D eigenvalue weighted by Gasteiger charge is 2.44. The first-order valence-corrected chi connectivity index (χ1v) is 34.2. The Bertz CT molecular complexity index is 2800. The summed E-state index contributed by atoms with van der Waals surface area (Å²) in [4.78, 5) is 144. The van der Waals surface area contributed by atoms with Gasteiger partial charge in [-0.05, 0) is 72.6 Å². The monoisotopic (exact) mass is 1400 g/mol. The number of urea groups is 1. The molecule has 1 aliphatic rings. The van der Waals surface area contributed by atoms with Crippen LogP contribution in [0.4, 0.5) is 15.3 Å². The molecule has 1 fully saturated rings. The molecule has 1 saturated heterocycles. The van der Waals surface area contributed by atoms with Crippen LogP contribution in [0, 0.1) is 29.6 Å². The van der Waals surface area contributed by atoms with E-state index in [1.807, 2.05) is 19.9 Å². The van der Waals surface area contributed by atoms with Crippen LogP contribution < -0.4 is 43.5 Å². The number of amides is 10. The number of aliphatic carboxylic acids is 1. The number of primary amides is 1. The maximum atomic E-state index is 14.8. The van der Waals surface area contributed by atoms with Crippen LogP contribution >= 0.6 is 0 Å². The first-order chi connectivity index (χ1) is 47.1. The Morgan fingerprint density at radius 3 is 1.78 bits per heavy atom. The average molecular weight is 1400 g/mol. The molecule has 0 bridgehead atoms. The summed E-state index contributed by atoms with van der Waals surface area (Å²) >= 11 is 0. The number of methoxy groups -OCH3 is 2. The average Bonchev–Trinajstić information content (AvgIpc) is 1.40. The molecular weight excluding hydrogens is 1290 g/mol. The van der Waals surface area contributed by atoms with Crippen molar-refractivity contribution in [2.24, 2.45) is 41.2 Å². The molecule has 0 saturated carbocycles. The Balaban J connectivity index is 1.64. The highest BCUT2D eigenvalue weighted by atomic mass is 16.6. The van der Waals surface area contributed by atoms with Gasteiger partial charge in [0.25, 0.3) is 0 Å². The van der Waals surface area contributed by atoms with Gasteiger partial charge in [-0.3, -0.25) is 38.5 Å². The van der Waals surface area contributed by atoms with Gasteiger partial charge in [0.05, 0.1) is 96.1 Å². The lowest BCUT2D eigenvalue weighted by molar-refractivity contribution is -0.148. The summed E-state index contributed by atoms with van der Waals surface area (Å²) in [6.07, 6.45) is -0.447. The van der Waals surface area contributed by atoms with Crippen molar-refractivity contribution >= 4 is 65.1 Å². The number of benzene rings is 2. The van der Waals surface area contributed by atoms with Gasteiger partial charge < -0.3 is 90.5 Å². The number of carbonyl (C=O) groups is 10. The third-order valence-electron chi connectivity index (χ3n) is 17.4. The molecule has 11 N–H and O–H groups in total. The van der Waals surface area contributed by atoms with Gasteiger partial charge in [0.2, 0.25) is 41.4 Å². The van der Waals surface area contributed by atoms with Crippen molar-refractivity contribution in [2.45, 2.75) is 175 Å². The number of carboxylic acids is 1. The molecule has 1 aliphatic heterocycles. The quantitative estimate of drug-likeness (QED) is 0.0338. The molecule has 30 heteroatoms. The molecule has 1 heterocycles. The number of carbonyl (C=O) groups excluding carboxylic acids is 9. The summed E-state index contributed by atoms with van der Waals surface area (Å²) in [5, 5.41) is 26.4. The minimum absolute atomic E-state index is 0.0450. The Labute approximate surface area is 583 Å². The number of ether oxygens (including phenoxy) is 7. The number of nitrogens with one attached hydrogen (secondary N) is 6. The number of likely N-dealkylation sites (N-methyl/N-ethyl adjacent to an activating group) is 2. The maximum Gasteiger partial charge on any atom is 0.410 e. The van der Waals surface area contributed by atoms with E-state index in [9.17, 15) is 53.1 Å². The summed E-state index contributed by atoms with van der Waals surface area (Å²) in [6.45, 7) is 19.1. The van der Waals surface area contributed by atoms with Crippen LogP contribution in [0.25, 0.3) is 0 Å². The molecule has 1 unspecified atom stereocenters. The standard InChI is InChI=1S/C69H113N11O19/c1-14-46(8)60(54(92-12)41-56(82)80-30-19-23-53(80)61(93-13)47(9)62(83)75-52(67(88)89)40-48-20-16-15-17-21-48)78(10)66(87)58(44(4)5)77-65(86)59(45(6)7)79(11)69(91)98-42-49-24-26-50(27-25-49)73-63(84)51(22-18-29-72-68(70)90)74-64(85)57(43(2)3)76-55(81)28-31-94-32-33-95-34-35-96-36-37-97-38-39-99-71/h15-17,20-21,24-27,43-47,51-54,57-61H,14,18-19,22-23,28-42,71H2,1-13H3,(H,73,84)(H,74,85)(H,75,83)(H,76,81)(H,77,86)(H,88,89)(H3,70,72,90)/t46-,47+,51-,52-,53-,54+,57-,58-,59-,60?,61+/m0/s1. The number of hydrogen-bond acceptors (Lipinski definition) is 19. The molecule has 0 radical (unpaired) electrons. The third kappa shape index (κ3) is 29.6. The summed E-state index contributed by atoms with van der Waals surface area (Å²) in [5.74, 6) is -2.07. The third-order valence-corrected chi connectivity index (χ3v) is 17.4. The number of likely N-dealkylation sites (tertiary alicyclic amines) is 1. The maximum absolute atomic E-state index is 14.8. The van der Waals surface area contributed by atoms with E-state index in [1.54, 1.807) is 109 Å². The zero-order valence-electron chi connectivity index (χ0n) is 60.2. The second-order valence-electron chi connectivity index (χ2n) is 25.8. The van der Waals surface area contributed by atoms with Gasteiger partial charge in [-0.2, -0.15) is 0 Å². The van der Waals surface area contributed by atoms with E-state index in [-0.39, 0.29) is 82.8 Å². The number of anilines is 1. The van der Waals surface area contributed by atoms with Crippen LogP contribution in [-0.2, 0) is 89.4 Å². The van der Waals surface area contributed by atoms with E-state index in [0.29, 0.717) is 76.7 Å². The Kier molecular flexibility index (Phi) is 39.8. The first-order valence-electron chi connectivity index (χ1n) is 34.2. The van der Waals surface area contributed by atoms with E-state index >= 15 is 0 Å². The van der Waals surface area contributed by atoms with Crippen molar-refractivity contribution in [3.05, 3.63) is 65.7 Å². The summed E-state index contributed by atoms with van der Waals surface area (Å²) < 4.78 is 39.4. The zero-order valence-corrected chi connectivity index (χ0v) is 60.2. The smallest absolute Gasteiger partial charge is 0.410 e. The molecule has 558 valence electrons. The second-order valence-corrected chi connectivity index (χ2v) is 25.8. The number of nitrogens with two attached hydrogens (primary N) is 2.